The van der Waals surface area contributed by atoms with E-state index in [1.165, 1.54) is 18.6 Å². The maximum atomic E-state index is 14.5. The van der Waals surface area contributed by atoms with Crippen LogP contribution in [0.3, 0.4) is 0 Å². The van der Waals surface area contributed by atoms with Crippen LogP contribution in [0.5, 0.6) is 0 Å². The van der Waals surface area contributed by atoms with Gasteiger partial charge in [0.1, 0.15) is 0 Å². The fraction of sp³-hybridized carbons (Fsp3) is 0.588. The lowest BCUT2D eigenvalue weighted by Gasteiger charge is -2.40. The number of amides is 1. The highest BCUT2D eigenvalue weighted by Crippen LogP contribution is 2.56. The largest absolute Gasteiger partial charge is 0.462 e. The van der Waals surface area contributed by atoms with Gasteiger partial charge in [0.25, 0.3) is 5.91 Å². The average Bonchev–Trinajstić information content (AvgIpc) is 2.67. The molecule has 0 aromatic heterocycles. The smallest absolute Gasteiger partial charge is 0.321 e. The topological polar surface area (TPSA) is 47.6 Å². The van der Waals surface area contributed by atoms with Crippen LogP contribution in [0.25, 0.3) is 0 Å². The minimum atomic E-state index is -8.05. The van der Waals surface area contributed by atoms with Gasteiger partial charge in [0.15, 0.2) is 0 Å². The van der Waals surface area contributed by atoms with Crippen LogP contribution in [0.15, 0.2) is 18.2 Å². The predicted octanol–water partition coefficient (Wildman–Crippen LogP) is 7.11. The Hall–Kier alpha value is -2.58. The number of rotatable bonds is 8. The molecule has 1 aromatic carbocycles. The van der Waals surface area contributed by atoms with Crippen molar-refractivity contribution < 1.29 is 88.9 Å². The molecule has 2 atom stereocenters. The van der Waals surface area contributed by atoms with E-state index >= 15 is 0 Å². The van der Waals surface area contributed by atoms with E-state index in [1.54, 1.807) is 0 Å². The SMILES string of the molecule is Cc1ccc(NC(=O)C(F)(OC(F)(F)C(F)(OC(F)(F)C(F)(F)C(F)(F)F)C(F)(F)F)C(F)(F)F)cc1C. The van der Waals surface area contributed by atoms with Gasteiger partial charge in [0.2, 0.25) is 0 Å². The molecule has 0 aliphatic heterocycles. The summed E-state index contributed by atoms with van der Waals surface area (Å²) in [6.45, 7) is 2.62. The van der Waals surface area contributed by atoms with Gasteiger partial charge in [-0.05, 0) is 37.1 Å². The molecule has 0 saturated heterocycles. The molecule has 1 N–H and O–H groups in total. The molecule has 2 unspecified atom stereocenters. The van der Waals surface area contributed by atoms with Crippen LogP contribution < -0.4 is 5.32 Å². The molecular weight excluding hydrogens is 589 g/mol. The Morgan fingerprint density at radius 3 is 1.47 bits per heavy atom. The van der Waals surface area contributed by atoms with Crippen LogP contribution in [0.2, 0.25) is 0 Å². The molecule has 1 aromatic rings. The Balaban J connectivity index is 3.63. The number of alkyl halides is 17. The van der Waals surface area contributed by atoms with Gasteiger partial charge in [-0.25, -0.2) is 0 Å². The van der Waals surface area contributed by atoms with Gasteiger partial charge in [-0.15, -0.1) is 0 Å². The zero-order chi connectivity index (χ0) is 30.6. The number of benzene rings is 1. The molecule has 38 heavy (non-hydrogen) atoms. The zero-order valence-corrected chi connectivity index (χ0v) is 17.9. The van der Waals surface area contributed by atoms with Gasteiger partial charge >= 0.3 is 48.4 Å². The molecular formula is C17H10F17NO3. The standard InChI is InChI=1S/C17H10F17NO3/c1-6-3-4-8(5-7(6)2)35-9(36)10(18,13(22,23)24)37-17(33,34)12(21,15(28,29)30)38-16(31,32)11(19,20)14(25,26)27/h3-5H,1-2H3,(H,35,36). The summed E-state index contributed by atoms with van der Waals surface area (Å²) >= 11 is 0. The lowest BCUT2D eigenvalue weighted by atomic mass is 10.1. The maximum absolute atomic E-state index is 14.5. The van der Waals surface area contributed by atoms with Crippen molar-refractivity contribution in [2.75, 3.05) is 5.32 Å². The molecule has 0 saturated carbocycles. The quantitative estimate of drug-likeness (QED) is 0.324. The lowest BCUT2D eigenvalue weighted by molar-refractivity contribution is -0.548. The Kier molecular flexibility index (Phi) is 8.41. The molecule has 0 heterocycles. The molecule has 0 aliphatic carbocycles. The lowest BCUT2D eigenvalue weighted by Crippen LogP contribution is -2.68. The summed E-state index contributed by atoms with van der Waals surface area (Å²) in [5.41, 5.74) is -0.368. The Morgan fingerprint density at radius 2 is 1.11 bits per heavy atom. The predicted molar refractivity (Wildman–Crippen MR) is 87.4 cm³/mol. The van der Waals surface area contributed by atoms with Crippen molar-refractivity contribution in [3.8, 4) is 0 Å². The highest BCUT2D eigenvalue weighted by molar-refractivity contribution is 5.97. The molecule has 0 spiro atoms. The van der Waals surface area contributed by atoms with Gasteiger partial charge in [-0.3, -0.25) is 14.3 Å². The first-order valence-corrected chi connectivity index (χ1v) is 8.97. The van der Waals surface area contributed by atoms with Gasteiger partial charge in [-0.1, -0.05) is 6.07 Å². The van der Waals surface area contributed by atoms with Crippen molar-refractivity contribution >= 4 is 11.6 Å². The molecule has 0 bridgehead atoms. The summed E-state index contributed by atoms with van der Waals surface area (Å²) < 4.78 is 227. The normalized spacial score (nSPS) is 17.6. The van der Waals surface area contributed by atoms with E-state index in [4.69, 9.17) is 0 Å². The minimum Gasteiger partial charge on any atom is -0.321 e. The fourth-order valence-electron chi connectivity index (χ4n) is 2.19. The van der Waals surface area contributed by atoms with E-state index in [2.05, 4.69) is 0 Å². The third-order valence-electron chi connectivity index (χ3n) is 4.42. The highest BCUT2D eigenvalue weighted by atomic mass is 19.4. The van der Waals surface area contributed by atoms with Crippen molar-refractivity contribution in [1.29, 1.82) is 0 Å². The van der Waals surface area contributed by atoms with Crippen LogP contribution >= 0.6 is 0 Å². The van der Waals surface area contributed by atoms with E-state index in [1.807, 2.05) is 4.74 Å². The molecule has 1 amide bonds. The van der Waals surface area contributed by atoms with Crippen molar-refractivity contribution in [2.45, 2.75) is 62.2 Å². The van der Waals surface area contributed by atoms with Crippen LogP contribution in [0, 0.1) is 13.8 Å². The van der Waals surface area contributed by atoms with Crippen molar-refractivity contribution in [2.24, 2.45) is 0 Å². The summed E-state index contributed by atoms with van der Waals surface area (Å²) in [6.07, 6.45) is -38.6. The van der Waals surface area contributed by atoms with Gasteiger partial charge in [0, 0.05) is 5.69 Å². The average molecular weight is 599 g/mol. The molecule has 0 aliphatic rings. The molecule has 0 radical (unpaired) electrons. The minimum absolute atomic E-state index is 0.131. The monoisotopic (exact) mass is 599 g/mol. The Labute approximate surface area is 198 Å². The molecule has 0 fully saturated rings. The number of carbonyl (C=O) groups excluding carboxylic acids is 1. The fourth-order valence-corrected chi connectivity index (χ4v) is 2.19. The number of nitrogens with one attached hydrogen (secondary N) is 1. The van der Waals surface area contributed by atoms with E-state index in [9.17, 15) is 79.4 Å². The maximum Gasteiger partial charge on any atom is 0.462 e. The second kappa shape index (κ2) is 9.56. The summed E-state index contributed by atoms with van der Waals surface area (Å²) in [4.78, 5) is 11.8. The third-order valence-corrected chi connectivity index (χ3v) is 4.42. The highest BCUT2D eigenvalue weighted by Gasteiger charge is 2.85. The van der Waals surface area contributed by atoms with Crippen molar-refractivity contribution in [3.05, 3.63) is 29.3 Å². The van der Waals surface area contributed by atoms with Gasteiger partial charge in [0.05, 0.1) is 0 Å². The number of anilines is 1. The van der Waals surface area contributed by atoms with E-state index in [0.29, 0.717) is 11.6 Å². The Morgan fingerprint density at radius 1 is 0.632 bits per heavy atom. The van der Waals surface area contributed by atoms with Crippen LogP contribution in [0.4, 0.5) is 80.3 Å². The van der Waals surface area contributed by atoms with Gasteiger partial charge < -0.3 is 5.32 Å². The van der Waals surface area contributed by atoms with E-state index < -0.39 is 60.0 Å². The van der Waals surface area contributed by atoms with Gasteiger partial charge in [-0.2, -0.15) is 74.6 Å². The van der Waals surface area contributed by atoms with E-state index in [0.717, 1.165) is 17.4 Å². The number of hydrogen-bond acceptors (Lipinski definition) is 3. The number of ether oxygens (including phenoxy) is 2. The molecule has 1 rings (SSSR count). The Bertz CT molecular complexity index is 1030. The zero-order valence-electron chi connectivity index (χ0n) is 17.9. The third kappa shape index (κ3) is 5.86. The first-order valence-electron chi connectivity index (χ1n) is 8.97. The van der Waals surface area contributed by atoms with E-state index in [-0.39, 0.29) is 5.56 Å². The summed E-state index contributed by atoms with van der Waals surface area (Å²) in [5.74, 6) is -26.2. The van der Waals surface area contributed by atoms with Crippen LogP contribution in [0.1, 0.15) is 11.1 Å². The van der Waals surface area contributed by atoms with Crippen LogP contribution in [-0.2, 0) is 14.3 Å². The molecule has 4 nitrogen and oxygen atoms in total. The molecule has 220 valence electrons. The number of halogens is 17. The number of aryl methyl sites for hydroxylation is 2. The summed E-state index contributed by atoms with van der Waals surface area (Å²) in [5, 5.41) is 0.909. The van der Waals surface area contributed by atoms with Crippen LogP contribution in [-0.4, -0.2) is 54.3 Å². The summed E-state index contributed by atoms with van der Waals surface area (Å²) in [7, 11) is 0. The second-order valence-electron chi connectivity index (χ2n) is 7.25. The number of hydrogen-bond donors (Lipinski definition) is 1. The van der Waals surface area contributed by atoms with Crippen molar-refractivity contribution in [3.63, 3.8) is 0 Å². The molecule has 21 heteroatoms. The first-order chi connectivity index (χ1) is 16.5. The first kappa shape index (κ1) is 33.4. The second-order valence-corrected chi connectivity index (χ2v) is 7.25. The van der Waals surface area contributed by atoms with Crippen molar-refractivity contribution in [1.82, 2.24) is 0 Å². The number of carbonyl (C=O) groups is 1. The summed E-state index contributed by atoms with van der Waals surface area (Å²) in [6, 6.07) is 2.47.